The Hall–Kier alpha value is -3.47. The van der Waals surface area contributed by atoms with Gasteiger partial charge in [0, 0.05) is 0 Å². The number of ether oxygens (including phenoxy) is 2. The van der Waals surface area contributed by atoms with Crippen LogP contribution in [0.2, 0.25) is 0 Å². The summed E-state index contributed by atoms with van der Waals surface area (Å²) in [5.41, 5.74) is 7.55. The van der Waals surface area contributed by atoms with Crippen LogP contribution in [0.1, 0.15) is 281 Å². The Morgan fingerprint density at radius 3 is 0.897 bits per heavy atom. The van der Waals surface area contributed by atoms with E-state index in [4.69, 9.17) is 24.4 Å². The minimum absolute atomic E-state index is 0.772. The number of aryl methyl sites for hydroxylation is 2. The summed E-state index contributed by atoms with van der Waals surface area (Å²) in [6.45, 7) is 14.4. The molecule has 5 heteroatoms. The molecular formula is C63H103N3O2. The molecule has 0 spiro atoms. The number of pyridine rings is 1. The van der Waals surface area contributed by atoms with Gasteiger partial charge < -0.3 is 9.47 Å². The highest BCUT2D eigenvalue weighted by Crippen LogP contribution is 2.27. The lowest BCUT2D eigenvalue weighted by atomic mass is 10.0. The number of aromatic nitrogens is 1. The largest absolute Gasteiger partial charge is 0.494 e. The third kappa shape index (κ3) is 28.9. The molecule has 0 fully saturated rings. The Balaban J connectivity index is 1.25. The first-order valence-electron chi connectivity index (χ1n) is 29.0. The van der Waals surface area contributed by atoms with Crippen LogP contribution in [0.3, 0.4) is 0 Å². The van der Waals surface area contributed by atoms with E-state index in [-0.39, 0.29) is 0 Å². The van der Waals surface area contributed by atoms with Gasteiger partial charge in [0.05, 0.1) is 47.4 Å². The number of rotatable bonds is 44. The zero-order valence-corrected chi connectivity index (χ0v) is 45.2. The Bertz CT molecular complexity index is 1620. The molecule has 0 aliphatic heterocycles. The molecule has 2 aromatic carbocycles. The molecule has 0 atom stereocenters. The van der Waals surface area contributed by atoms with E-state index in [1.807, 2.05) is 32.0 Å². The molecule has 0 radical (unpaired) electrons. The Morgan fingerprint density at radius 2 is 0.632 bits per heavy atom. The van der Waals surface area contributed by atoms with Crippen LogP contribution < -0.4 is 9.47 Å². The smallest absolute Gasteiger partial charge is 0.119 e. The molecule has 1 aromatic heterocycles. The normalized spacial score (nSPS) is 12.0. The minimum Gasteiger partial charge on any atom is -0.494 e. The maximum atomic E-state index is 6.15. The van der Waals surface area contributed by atoms with Crippen molar-refractivity contribution >= 4 is 22.8 Å². The minimum atomic E-state index is 0.772. The van der Waals surface area contributed by atoms with Gasteiger partial charge in [0.25, 0.3) is 0 Å². The van der Waals surface area contributed by atoms with Crippen LogP contribution in [0.25, 0.3) is 0 Å². The molecule has 3 rings (SSSR count). The van der Waals surface area contributed by atoms with Crippen molar-refractivity contribution in [3.8, 4) is 11.5 Å². The lowest BCUT2D eigenvalue weighted by molar-refractivity contribution is 0.304. The molecule has 0 N–H and O–H groups in total. The number of unbranched alkanes of at least 4 members (excludes halogenated alkanes) is 34. The first-order valence-corrected chi connectivity index (χ1v) is 29.0. The van der Waals surface area contributed by atoms with Gasteiger partial charge in [0.1, 0.15) is 11.5 Å². The molecule has 0 saturated carbocycles. The highest BCUT2D eigenvalue weighted by atomic mass is 16.5. The van der Waals surface area contributed by atoms with Crippen molar-refractivity contribution < 1.29 is 9.47 Å². The van der Waals surface area contributed by atoms with Crippen molar-refractivity contribution in [1.82, 2.24) is 4.98 Å². The summed E-state index contributed by atoms with van der Waals surface area (Å²) in [6.07, 6.45) is 50.0. The van der Waals surface area contributed by atoms with Gasteiger partial charge in [-0.1, -0.05) is 238 Å². The van der Waals surface area contributed by atoms with Gasteiger partial charge in [-0.05, 0) is 100 Å². The number of nitrogens with zero attached hydrogens (tertiary/aromatic N) is 3. The maximum absolute atomic E-state index is 6.15. The molecule has 0 amide bonds. The van der Waals surface area contributed by atoms with Crippen molar-refractivity contribution in [3.05, 3.63) is 77.1 Å². The van der Waals surface area contributed by atoms with Gasteiger partial charge in [0.2, 0.25) is 0 Å². The highest BCUT2D eigenvalue weighted by Gasteiger charge is 2.09. The van der Waals surface area contributed by atoms with Crippen molar-refractivity contribution in [3.63, 3.8) is 0 Å². The third-order valence-electron chi connectivity index (χ3n) is 13.9. The Labute approximate surface area is 420 Å². The molecule has 0 bridgehead atoms. The van der Waals surface area contributed by atoms with E-state index in [2.05, 4.69) is 64.1 Å². The van der Waals surface area contributed by atoms with Gasteiger partial charge in [-0.25, -0.2) is 4.98 Å². The quantitative estimate of drug-likeness (QED) is 0.0419. The van der Waals surface area contributed by atoms with Gasteiger partial charge in [-0.15, -0.1) is 0 Å². The summed E-state index contributed by atoms with van der Waals surface area (Å²) in [5.74, 6) is 1.85. The SMILES string of the molecule is CCCCCCCCCCCCCCCCCCCCOc1ccc(N=C(C)c2cccc(C(C)=Nc3ccc(OCCCCCCCCCCCCCCCCCCCC)cc3C)n2)c(C)c1. The summed E-state index contributed by atoms with van der Waals surface area (Å²) in [4.78, 5) is 14.9. The standard InChI is InChI=1S/C63H103N3O2/c1-7-9-11-13-15-17-19-21-23-25-27-29-31-33-35-37-39-41-50-67-58-46-48-60(54(3)52-58)64-56(5)62-44-43-45-63(66-62)57(6)65-61-49-47-59(53-55(61)4)68-51-42-40-38-36-34-32-30-28-26-24-22-20-18-16-14-12-10-8-2/h43-49,52-53H,7-42,50-51H2,1-6H3. The van der Waals surface area contributed by atoms with E-state index in [1.54, 1.807) is 0 Å². The summed E-state index contributed by atoms with van der Waals surface area (Å²) >= 11 is 0. The second-order valence-electron chi connectivity index (χ2n) is 20.4. The lowest BCUT2D eigenvalue weighted by Gasteiger charge is -2.10. The third-order valence-corrected chi connectivity index (χ3v) is 13.9. The van der Waals surface area contributed by atoms with E-state index in [0.717, 1.165) is 82.9 Å². The fraction of sp³-hybridized carbons (Fsp3) is 0.698. The molecule has 0 aliphatic rings. The van der Waals surface area contributed by atoms with Crippen molar-refractivity contribution in [2.24, 2.45) is 9.98 Å². The van der Waals surface area contributed by atoms with Crippen molar-refractivity contribution in [1.29, 1.82) is 0 Å². The van der Waals surface area contributed by atoms with Crippen LogP contribution in [0.5, 0.6) is 11.5 Å². The Kier molecular flexibility index (Phi) is 34.9. The fourth-order valence-electron chi connectivity index (χ4n) is 9.39. The van der Waals surface area contributed by atoms with Gasteiger partial charge in [-0.3, -0.25) is 9.98 Å². The van der Waals surface area contributed by atoms with Crippen molar-refractivity contribution in [2.75, 3.05) is 13.2 Å². The van der Waals surface area contributed by atoms with Gasteiger partial charge in [-0.2, -0.15) is 0 Å². The summed E-state index contributed by atoms with van der Waals surface area (Å²) in [7, 11) is 0. The Morgan fingerprint density at radius 1 is 0.368 bits per heavy atom. The molecule has 0 saturated heterocycles. The number of hydrogen-bond acceptors (Lipinski definition) is 5. The van der Waals surface area contributed by atoms with E-state index >= 15 is 0 Å². The summed E-state index contributed by atoms with van der Waals surface area (Å²) < 4.78 is 12.3. The second kappa shape index (κ2) is 40.3. The molecule has 1 heterocycles. The molecule has 68 heavy (non-hydrogen) atoms. The maximum Gasteiger partial charge on any atom is 0.119 e. The average molecular weight is 935 g/mol. The van der Waals surface area contributed by atoms with Crippen LogP contribution in [0.4, 0.5) is 11.4 Å². The average Bonchev–Trinajstić information content (AvgIpc) is 3.34. The highest BCUT2D eigenvalue weighted by molar-refractivity contribution is 6.02. The first-order chi connectivity index (χ1) is 33.4. The van der Waals surface area contributed by atoms with Crippen LogP contribution in [-0.4, -0.2) is 29.6 Å². The predicted molar refractivity (Wildman–Crippen MR) is 299 cm³/mol. The second-order valence-corrected chi connectivity index (χ2v) is 20.4. The van der Waals surface area contributed by atoms with Crippen LogP contribution in [-0.2, 0) is 0 Å². The molecule has 382 valence electrons. The van der Waals surface area contributed by atoms with E-state index in [9.17, 15) is 0 Å². The number of hydrogen-bond donors (Lipinski definition) is 0. The molecule has 3 aromatic rings. The predicted octanol–water partition coefficient (Wildman–Crippen LogP) is 20.8. The molecule has 0 aliphatic carbocycles. The zero-order valence-electron chi connectivity index (χ0n) is 45.2. The van der Waals surface area contributed by atoms with Gasteiger partial charge >= 0.3 is 0 Å². The van der Waals surface area contributed by atoms with Crippen LogP contribution in [0.15, 0.2) is 64.6 Å². The van der Waals surface area contributed by atoms with Gasteiger partial charge in [0.15, 0.2) is 0 Å². The number of benzene rings is 2. The first kappa shape index (κ1) is 58.8. The van der Waals surface area contributed by atoms with E-state index in [0.29, 0.717) is 0 Å². The van der Waals surface area contributed by atoms with Crippen LogP contribution in [0, 0.1) is 13.8 Å². The summed E-state index contributed by atoms with van der Waals surface area (Å²) in [6, 6.07) is 18.6. The lowest BCUT2D eigenvalue weighted by Crippen LogP contribution is -2.05. The monoisotopic (exact) mass is 934 g/mol. The zero-order chi connectivity index (χ0) is 48.5. The summed E-state index contributed by atoms with van der Waals surface area (Å²) in [5, 5.41) is 0. The van der Waals surface area contributed by atoms with E-state index < -0.39 is 0 Å². The number of aliphatic imine (C=N–C) groups is 2. The molecular weight excluding hydrogens is 831 g/mol. The molecule has 5 nitrogen and oxygen atoms in total. The van der Waals surface area contributed by atoms with Crippen LogP contribution >= 0.6 is 0 Å². The van der Waals surface area contributed by atoms with E-state index in [1.165, 1.54) is 218 Å². The van der Waals surface area contributed by atoms with Crippen molar-refractivity contribution in [2.45, 2.75) is 273 Å². The topological polar surface area (TPSA) is 56.1 Å². The fourth-order valence-corrected chi connectivity index (χ4v) is 9.39. The molecule has 0 unspecified atom stereocenters.